The number of carbonyl (C=O) groups excluding carboxylic acids is 2. The Morgan fingerprint density at radius 2 is 1.97 bits per heavy atom. The van der Waals surface area contributed by atoms with Gasteiger partial charge >= 0.3 is 5.97 Å². The summed E-state index contributed by atoms with van der Waals surface area (Å²) in [6, 6.07) is 16.0. The lowest BCUT2D eigenvalue weighted by Gasteiger charge is -2.09. The molecule has 0 radical (unpaired) electrons. The van der Waals surface area contributed by atoms with Crippen LogP contribution < -0.4 is 9.47 Å². The van der Waals surface area contributed by atoms with Gasteiger partial charge in [0, 0.05) is 21.9 Å². The number of Topliss-reactive ketones (excluding diaryl/α,β-unsaturated/α-hetero) is 1. The number of benzene rings is 2. The van der Waals surface area contributed by atoms with Gasteiger partial charge in [-0.1, -0.05) is 24.3 Å². The number of thiophene rings is 1. The largest absolute Gasteiger partial charge is 0.452 e. The Kier molecular flexibility index (Phi) is 4.07. The molecule has 6 heteroatoms. The number of rotatable bonds is 3. The van der Waals surface area contributed by atoms with Crippen LogP contribution in [0.5, 0.6) is 11.5 Å². The third-order valence-electron chi connectivity index (χ3n) is 4.68. The molecule has 0 bridgehead atoms. The van der Waals surface area contributed by atoms with Crippen molar-refractivity contribution in [2.45, 2.75) is 6.92 Å². The fourth-order valence-corrected chi connectivity index (χ4v) is 3.86. The molecule has 0 amide bonds. The first kappa shape index (κ1) is 17.5. The predicted molar refractivity (Wildman–Crippen MR) is 110 cm³/mol. The second-order valence-corrected chi connectivity index (χ2v) is 7.54. The maximum Gasteiger partial charge on any atom is 0.379 e. The summed E-state index contributed by atoms with van der Waals surface area (Å²) in [4.78, 5) is 26.1. The van der Waals surface area contributed by atoms with Gasteiger partial charge in [-0.15, -0.1) is 11.3 Å². The normalized spacial score (nSPS) is 14.2. The van der Waals surface area contributed by atoms with Crippen molar-refractivity contribution in [3.8, 4) is 11.5 Å². The molecule has 0 atom stereocenters. The number of hydrogen-bond acceptors (Lipinski definition) is 6. The van der Waals surface area contributed by atoms with Crippen LogP contribution in [0.15, 0.2) is 70.2 Å². The molecule has 2 aromatic carbocycles. The van der Waals surface area contributed by atoms with Crippen molar-refractivity contribution in [1.29, 1.82) is 0 Å². The highest BCUT2D eigenvalue weighted by Gasteiger charge is 2.31. The van der Waals surface area contributed by atoms with Gasteiger partial charge in [-0.25, -0.2) is 4.79 Å². The molecule has 5 rings (SSSR count). The first-order chi connectivity index (χ1) is 14.1. The third-order valence-corrected chi connectivity index (χ3v) is 5.50. The van der Waals surface area contributed by atoms with E-state index in [1.807, 2.05) is 35.7 Å². The van der Waals surface area contributed by atoms with Crippen LogP contribution in [0, 0.1) is 6.92 Å². The quantitative estimate of drug-likeness (QED) is 0.252. The summed E-state index contributed by atoms with van der Waals surface area (Å²) in [5.41, 5.74) is 1.64. The van der Waals surface area contributed by atoms with Crippen LogP contribution in [0.1, 0.15) is 31.4 Å². The SMILES string of the molecule is Cc1c(OC(=O)c2cc3ccccc3o2)ccc2c1O/C(=C\c1cccs1)C2=O. The topological polar surface area (TPSA) is 65.7 Å². The van der Waals surface area contributed by atoms with Crippen LogP contribution in [0.3, 0.4) is 0 Å². The zero-order valence-electron chi connectivity index (χ0n) is 15.3. The summed E-state index contributed by atoms with van der Waals surface area (Å²) >= 11 is 1.52. The molecule has 5 nitrogen and oxygen atoms in total. The van der Waals surface area contributed by atoms with Crippen LogP contribution >= 0.6 is 11.3 Å². The molecule has 0 aliphatic carbocycles. The smallest absolute Gasteiger partial charge is 0.379 e. The van der Waals surface area contributed by atoms with Crippen molar-refractivity contribution in [1.82, 2.24) is 0 Å². The monoisotopic (exact) mass is 402 g/mol. The lowest BCUT2D eigenvalue weighted by Crippen LogP contribution is -2.08. The predicted octanol–water partition coefficient (Wildman–Crippen LogP) is 5.64. The summed E-state index contributed by atoms with van der Waals surface area (Å²) in [6.07, 6.45) is 1.71. The Morgan fingerprint density at radius 1 is 1.10 bits per heavy atom. The summed E-state index contributed by atoms with van der Waals surface area (Å²) < 4.78 is 16.9. The van der Waals surface area contributed by atoms with Gasteiger partial charge in [0.15, 0.2) is 5.76 Å². The van der Waals surface area contributed by atoms with Crippen LogP contribution in [0.2, 0.25) is 0 Å². The number of furan rings is 1. The molecule has 4 aromatic rings. The van der Waals surface area contributed by atoms with E-state index in [1.54, 1.807) is 37.3 Å². The zero-order chi connectivity index (χ0) is 20.0. The lowest BCUT2D eigenvalue weighted by atomic mass is 10.1. The minimum Gasteiger partial charge on any atom is -0.452 e. The van der Waals surface area contributed by atoms with Crippen molar-refractivity contribution in [3.05, 3.63) is 87.5 Å². The van der Waals surface area contributed by atoms with Gasteiger partial charge < -0.3 is 13.9 Å². The molecule has 0 spiro atoms. The molecule has 3 heterocycles. The molecule has 1 aliphatic rings. The van der Waals surface area contributed by atoms with Crippen LogP contribution in [-0.4, -0.2) is 11.8 Å². The highest BCUT2D eigenvalue weighted by molar-refractivity contribution is 7.10. The Bertz CT molecular complexity index is 1260. The molecule has 1 aliphatic heterocycles. The second-order valence-electron chi connectivity index (χ2n) is 6.56. The van der Waals surface area contributed by atoms with E-state index in [-0.39, 0.29) is 17.3 Å². The molecular formula is C23H14O5S. The fraction of sp³-hybridized carbons (Fsp3) is 0.0435. The maximum absolute atomic E-state index is 12.6. The minimum atomic E-state index is -0.608. The average Bonchev–Trinajstić information content (AvgIpc) is 3.44. The molecule has 0 fully saturated rings. The Morgan fingerprint density at radius 3 is 2.76 bits per heavy atom. The summed E-state index contributed by atoms with van der Waals surface area (Å²) in [5.74, 6) is 0.300. The maximum atomic E-state index is 12.6. The number of ketones is 1. The van der Waals surface area contributed by atoms with Crippen molar-refractivity contribution < 1.29 is 23.5 Å². The number of para-hydroxylation sites is 1. The van der Waals surface area contributed by atoms with E-state index in [0.717, 1.165) is 10.3 Å². The summed E-state index contributed by atoms with van der Waals surface area (Å²) in [5, 5.41) is 2.75. The van der Waals surface area contributed by atoms with Crippen molar-refractivity contribution >= 4 is 40.1 Å². The minimum absolute atomic E-state index is 0.112. The molecule has 0 saturated heterocycles. The van der Waals surface area contributed by atoms with Crippen LogP contribution in [-0.2, 0) is 0 Å². The highest BCUT2D eigenvalue weighted by Crippen LogP contribution is 2.39. The molecular weight excluding hydrogens is 388 g/mol. The Hall–Kier alpha value is -3.64. The van der Waals surface area contributed by atoms with E-state index in [4.69, 9.17) is 13.9 Å². The number of esters is 1. The molecule has 29 heavy (non-hydrogen) atoms. The molecule has 0 N–H and O–H groups in total. The molecule has 0 unspecified atom stereocenters. The summed E-state index contributed by atoms with van der Waals surface area (Å²) in [7, 11) is 0. The van der Waals surface area contributed by atoms with Gasteiger partial charge in [0.05, 0.1) is 5.56 Å². The highest BCUT2D eigenvalue weighted by atomic mass is 32.1. The third kappa shape index (κ3) is 3.03. The van der Waals surface area contributed by atoms with Gasteiger partial charge in [-0.2, -0.15) is 0 Å². The first-order valence-electron chi connectivity index (χ1n) is 8.92. The number of fused-ring (bicyclic) bond motifs is 2. The molecule has 0 saturated carbocycles. The standard InChI is InChI=1S/C23H14O5S/c1-13-17(28-23(25)20-11-14-5-2-3-7-18(14)26-20)9-8-16-21(24)19(27-22(13)16)12-15-6-4-10-29-15/h2-12H,1H3/b19-12-. The number of allylic oxidation sites excluding steroid dienone is 1. The Balaban J connectivity index is 1.43. The van der Waals surface area contributed by atoms with E-state index in [1.165, 1.54) is 11.3 Å². The number of ether oxygens (including phenoxy) is 2. The van der Waals surface area contributed by atoms with Gasteiger partial charge in [0.25, 0.3) is 0 Å². The number of carbonyl (C=O) groups is 2. The number of hydrogen-bond donors (Lipinski definition) is 0. The Labute approximate surface area is 169 Å². The van der Waals surface area contributed by atoms with E-state index >= 15 is 0 Å². The van der Waals surface area contributed by atoms with Crippen LogP contribution in [0.25, 0.3) is 17.0 Å². The van der Waals surface area contributed by atoms with Crippen LogP contribution in [0.4, 0.5) is 0 Å². The van der Waals surface area contributed by atoms with E-state index in [2.05, 4.69) is 0 Å². The first-order valence-corrected chi connectivity index (χ1v) is 9.80. The average molecular weight is 402 g/mol. The fourth-order valence-electron chi connectivity index (χ4n) is 3.21. The molecule has 142 valence electrons. The molecule has 2 aromatic heterocycles. The van der Waals surface area contributed by atoms with Gasteiger partial charge in [0.2, 0.25) is 11.5 Å². The lowest BCUT2D eigenvalue weighted by molar-refractivity contribution is 0.0702. The van der Waals surface area contributed by atoms with E-state index < -0.39 is 5.97 Å². The van der Waals surface area contributed by atoms with E-state index in [9.17, 15) is 9.59 Å². The van der Waals surface area contributed by atoms with Gasteiger partial charge in [-0.3, -0.25) is 4.79 Å². The van der Waals surface area contributed by atoms with Gasteiger partial charge in [0.1, 0.15) is 17.1 Å². The summed E-state index contributed by atoms with van der Waals surface area (Å²) in [6.45, 7) is 1.75. The van der Waals surface area contributed by atoms with Gasteiger partial charge in [-0.05, 0) is 42.6 Å². The second kappa shape index (κ2) is 6.76. The van der Waals surface area contributed by atoms with Crippen molar-refractivity contribution in [2.75, 3.05) is 0 Å². The zero-order valence-corrected chi connectivity index (χ0v) is 16.1. The van der Waals surface area contributed by atoms with Crippen molar-refractivity contribution in [2.24, 2.45) is 0 Å². The van der Waals surface area contributed by atoms with Crippen molar-refractivity contribution in [3.63, 3.8) is 0 Å². The van der Waals surface area contributed by atoms with E-state index in [0.29, 0.717) is 28.2 Å².